The average molecular weight is 398 g/mol. The van der Waals surface area contributed by atoms with E-state index < -0.39 is 29.9 Å². The normalized spacial score (nSPS) is 10.5. The molecule has 0 fully saturated rings. The number of aromatic amines is 1. The van der Waals surface area contributed by atoms with Gasteiger partial charge in [-0.25, -0.2) is 9.89 Å². The Bertz CT molecular complexity index is 1090. The number of rotatable bonds is 7. The summed E-state index contributed by atoms with van der Waals surface area (Å²) in [7, 11) is 1.41. The van der Waals surface area contributed by atoms with Crippen LogP contribution in [0, 0.1) is 0 Å². The van der Waals surface area contributed by atoms with Crippen molar-refractivity contribution in [3.8, 4) is 0 Å². The van der Waals surface area contributed by atoms with Crippen molar-refractivity contribution in [3.63, 3.8) is 0 Å². The SMILES string of the molecule is CN(CC(=O)NCc1ccco1)C(=O)COC(=O)c1n[nH]c(=O)c2ccccc12. The lowest BCUT2D eigenvalue weighted by Crippen LogP contribution is -2.40. The standard InChI is InChI=1S/C19H18N4O6/c1-23(10-15(24)20-9-12-5-4-8-28-12)16(25)11-29-19(27)17-13-6-2-3-7-14(13)18(26)22-21-17/h2-8H,9-11H2,1H3,(H,20,24)(H,22,26). The van der Waals surface area contributed by atoms with Gasteiger partial charge in [0.05, 0.1) is 24.7 Å². The van der Waals surface area contributed by atoms with E-state index >= 15 is 0 Å². The minimum atomic E-state index is -0.860. The summed E-state index contributed by atoms with van der Waals surface area (Å²) in [4.78, 5) is 49.2. The number of furan rings is 1. The minimum Gasteiger partial charge on any atom is -0.467 e. The van der Waals surface area contributed by atoms with E-state index in [1.54, 1.807) is 36.4 Å². The number of hydrogen-bond acceptors (Lipinski definition) is 7. The number of nitrogens with zero attached hydrogens (tertiary/aromatic N) is 2. The molecule has 0 unspecified atom stereocenters. The van der Waals surface area contributed by atoms with Crippen molar-refractivity contribution in [3.05, 3.63) is 64.5 Å². The fraction of sp³-hybridized carbons (Fsp3) is 0.211. The van der Waals surface area contributed by atoms with Crippen molar-refractivity contribution in [2.75, 3.05) is 20.2 Å². The van der Waals surface area contributed by atoms with Crippen LogP contribution < -0.4 is 10.9 Å². The second-order valence-corrected chi connectivity index (χ2v) is 6.13. The topological polar surface area (TPSA) is 135 Å². The summed E-state index contributed by atoms with van der Waals surface area (Å²) in [6, 6.07) is 9.83. The molecule has 0 atom stereocenters. The molecule has 2 N–H and O–H groups in total. The summed E-state index contributed by atoms with van der Waals surface area (Å²) in [5.74, 6) is -1.24. The molecule has 3 aromatic rings. The zero-order valence-corrected chi connectivity index (χ0v) is 15.5. The fourth-order valence-electron chi connectivity index (χ4n) is 2.53. The maximum absolute atomic E-state index is 12.3. The van der Waals surface area contributed by atoms with Crippen LogP contribution in [0.4, 0.5) is 0 Å². The lowest BCUT2D eigenvalue weighted by Gasteiger charge is -2.16. The molecule has 0 aliphatic rings. The van der Waals surface area contributed by atoms with Gasteiger partial charge in [-0.15, -0.1) is 0 Å². The van der Waals surface area contributed by atoms with Gasteiger partial charge in [0.15, 0.2) is 12.3 Å². The van der Waals surface area contributed by atoms with Gasteiger partial charge in [-0.3, -0.25) is 14.4 Å². The number of H-pyrrole nitrogens is 1. The van der Waals surface area contributed by atoms with Gasteiger partial charge >= 0.3 is 5.97 Å². The third kappa shape index (κ3) is 4.86. The van der Waals surface area contributed by atoms with Crippen LogP contribution in [0.2, 0.25) is 0 Å². The van der Waals surface area contributed by atoms with Crippen LogP contribution in [0.1, 0.15) is 16.2 Å². The summed E-state index contributed by atoms with van der Waals surface area (Å²) in [5, 5.41) is 9.15. The highest BCUT2D eigenvalue weighted by atomic mass is 16.5. The lowest BCUT2D eigenvalue weighted by molar-refractivity contribution is -0.137. The van der Waals surface area contributed by atoms with Crippen LogP contribution in [0.3, 0.4) is 0 Å². The Kier molecular flexibility index (Phi) is 6.03. The Labute approximate surface area is 164 Å². The Morgan fingerprint density at radius 1 is 1.17 bits per heavy atom. The lowest BCUT2D eigenvalue weighted by atomic mass is 10.1. The Balaban J connectivity index is 1.53. The number of likely N-dealkylation sites (N-methyl/N-ethyl adjacent to an activating group) is 1. The summed E-state index contributed by atoms with van der Waals surface area (Å²) in [6.45, 7) is -0.583. The number of esters is 1. The molecule has 0 saturated carbocycles. The summed E-state index contributed by atoms with van der Waals surface area (Å²) < 4.78 is 10.1. The van der Waals surface area contributed by atoms with Crippen molar-refractivity contribution < 1.29 is 23.5 Å². The number of carbonyl (C=O) groups excluding carboxylic acids is 3. The third-order valence-electron chi connectivity index (χ3n) is 4.06. The number of amides is 2. The third-order valence-corrected chi connectivity index (χ3v) is 4.06. The number of aromatic nitrogens is 2. The van der Waals surface area contributed by atoms with Gasteiger partial charge in [-0.2, -0.15) is 5.10 Å². The molecule has 0 aliphatic heterocycles. The van der Waals surface area contributed by atoms with E-state index in [0.717, 1.165) is 4.90 Å². The predicted molar refractivity (Wildman–Crippen MR) is 101 cm³/mol. The van der Waals surface area contributed by atoms with Crippen molar-refractivity contribution in [1.82, 2.24) is 20.4 Å². The van der Waals surface area contributed by atoms with Crippen LogP contribution in [-0.2, 0) is 20.9 Å². The molecule has 29 heavy (non-hydrogen) atoms. The predicted octanol–water partition coefficient (Wildman–Crippen LogP) is 0.448. The second-order valence-electron chi connectivity index (χ2n) is 6.13. The molecule has 2 aromatic heterocycles. The first-order valence-electron chi connectivity index (χ1n) is 8.63. The molecule has 10 nitrogen and oxygen atoms in total. The molecule has 0 radical (unpaired) electrons. The van der Waals surface area contributed by atoms with Crippen molar-refractivity contribution in [2.45, 2.75) is 6.54 Å². The molecular formula is C19H18N4O6. The largest absolute Gasteiger partial charge is 0.467 e. The molecule has 2 heterocycles. The van der Waals surface area contributed by atoms with Crippen LogP contribution in [0.15, 0.2) is 51.9 Å². The highest BCUT2D eigenvalue weighted by Crippen LogP contribution is 2.13. The molecule has 0 saturated heterocycles. The maximum Gasteiger partial charge on any atom is 0.359 e. The van der Waals surface area contributed by atoms with Gasteiger partial charge in [0.1, 0.15) is 5.76 Å². The summed E-state index contributed by atoms with van der Waals surface area (Å²) in [6.07, 6.45) is 1.49. The highest BCUT2D eigenvalue weighted by molar-refractivity contribution is 6.02. The molecule has 2 amide bonds. The Morgan fingerprint density at radius 2 is 1.93 bits per heavy atom. The number of hydrogen-bond donors (Lipinski definition) is 2. The fourth-order valence-corrected chi connectivity index (χ4v) is 2.53. The molecule has 1 aromatic carbocycles. The zero-order valence-electron chi connectivity index (χ0n) is 15.5. The smallest absolute Gasteiger partial charge is 0.359 e. The van der Waals surface area contributed by atoms with E-state index in [2.05, 4.69) is 15.5 Å². The Morgan fingerprint density at radius 3 is 2.66 bits per heavy atom. The molecule has 3 rings (SSSR count). The number of fused-ring (bicyclic) bond motifs is 1. The first-order chi connectivity index (χ1) is 14.0. The quantitative estimate of drug-likeness (QED) is 0.552. The van der Waals surface area contributed by atoms with Gasteiger partial charge in [0.25, 0.3) is 11.5 Å². The van der Waals surface area contributed by atoms with Crippen LogP contribution >= 0.6 is 0 Å². The summed E-state index contributed by atoms with van der Waals surface area (Å²) in [5.41, 5.74) is -0.541. The van der Waals surface area contributed by atoms with Crippen molar-refractivity contribution in [1.29, 1.82) is 0 Å². The number of ether oxygens (including phenoxy) is 1. The molecule has 150 valence electrons. The second kappa shape index (κ2) is 8.83. The molecule has 0 bridgehead atoms. The van der Waals surface area contributed by atoms with Crippen molar-refractivity contribution in [2.24, 2.45) is 0 Å². The van der Waals surface area contributed by atoms with Gasteiger partial charge in [0.2, 0.25) is 5.91 Å². The molecular weight excluding hydrogens is 380 g/mol. The van der Waals surface area contributed by atoms with Gasteiger partial charge in [-0.05, 0) is 18.2 Å². The van der Waals surface area contributed by atoms with E-state index in [4.69, 9.17) is 9.15 Å². The molecule has 0 aliphatic carbocycles. The number of carbonyl (C=O) groups is 3. The highest BCUT2D eigenvalue weighted by Gasteiger charge is 2.19. The average Bonchev–Trinajstić information content (AvgIpc) is 3.24. The van der Waals surface area contributed by atoms with Crippen LogP contribution in [0.25, 0.3) is 10.8 Å². The first kappa shape index (κ1) is 19.8. The summed E-state index contributed by atoms with van der Waals surface area (Å²) >= 11 is 0. The molecule has 0 spiro atoms. The van der Waals surface area contributed by atoms with Gasteiger partial charge < -0.3 is 19.4 Å². The monoisotopic (exact) mass is 398 g/mol. The first-order valence-corrected chi connectivity index (χ1v) is 8.63. The van der Waals surface area contributed by atoms with E-state index in [0.29, 0.717) is 11.1 Å². The molecule has 10 heteroatoms. The number of benzene rings is 1. The zero-order chi connectivity index (χ0) is 20.8. The van der Waals surface area contributed by atoms with E-state index in [1.165, 1.54) is 13.3 Å². The Hall–Kier alpha value is -3.95. The van der Waals surface area contributed by atoms with Crippen LogP contribution in [0.5, 0.6) is 0 Å². The van der Waals surface area contributed by atoms with E-state index in [9.17, 15) is 19.2 Å². The maximum atomic E-state index is 12.3. The minimum absolute atomic E-state index is 0.105. The van der Waals surface area contributed by atoms with Crippen LogP contribution in [-0.4, -0.2) is 53.1 Å². The van der Waals surface area contributed by atoms with E-state index in [-0.39, 0.29) is 24.2 Å². The van der Waals surface area contributed by atoms with Crippen molar-refractivity contribution >= 4 is 28.6 Å². The van der Waals surface area contributed by atoms with E-state index in [1.807, 2.05) is 0 Å². The number of nitrogens with one attached hydrogen (secondary N) is 2. The van der Waals surface area contributed by atoms with Gasteiger partial charge in [0, 0.05) is 12.4 Å². The van der Waals surface area contributed by atoms with Gasteiger partial charge in [-0.1, -0.05) is 18.2 Å².